The molecule has 1 amide bonds. The number of hydrogen-bond donors (Lipinski definition) is 1. The quantitative estimate of drug-likeness (QED) is 0.210. The van der Waals surface area contributed by atoms with Gasteiger partial charge in [0.05, 0.1) is 16.0 Å². The van der Waals surface area contributed by atoms with Crippen LogP contribution in [0, 0.1) is 17.0 Å². The predicted octanol–water partition coefficient (Wildman–Crippen LogP) is 3.55. The predicted molar refractivity (Wildman–Crippen MR) is 123 cm³/mol. The molecule has 0 unspecified atom stereocenters. The van der Waals surface area contributed by atoms with E-state index < -0.39 is 23.4 Å². The van der Waals surface area contributed by atoms with Crippen LogP contribution in [0.5, 0.6) is 0 Å². The number of esters is 1. The summed E-state index contributed by atoms with van der Waals surface area (Å²) in [6.45, 7) is 0.914. The second-order valence-corrected chi connectivity index (χ2v) is 7.41. The molecule has 0 saturated heterocycles. The van der Waals surface area contributed by atoms with Gasteiger partial charge in [0, 0.05) is 28.6 Å². The number of ether oxygens (including phenoxy) is 1. The first-order valence-corrected chi connectivity index (χ1v) is 10.1. The molecule has 1 heterocycles. The highest BCUT2D eigenvalue weighted by molar-refractivity contribution is 5.95. The third-order valence-corrected chi connectivity index (χ3v) is 5.23. The van der Waals surface area contributed by atoms with Crippen molar-refractivity contribution in [2.75, 3.05) is 11.9 Å². The Morgan fingerprint density at radius 3 is 2.18 bits per heavy atom. The Morgan fingerprint density at radius 1 is 1.00 bits per heavy atom. The first-order chi connectivity index (χ1) is 15.8. The summed E-state index contributed by atoms with van der Waals surface area (Å²) in [6.07, 6.45) is 0. The normalized spacial score (nSPS) is 10.8. The Hall–Kier alpha value is -4.53. The van der Waals surface area contributed by atoms with Crippen molar-refractivity contribution in [1.82, 2.24) is 4.57 Å². The maximum Gasteiger partial charge on any atom is 0.326 e. The van der Waals surface area contributed by atoms with Crippen LogP contribution in [0.15, 0.2) is 71.5 Å². The second kappa shape index (κ2) is 8.91. The number of aromatic nitrogens is 1. The summed E-state index contributed by atoms with van der Waals surface area (Å²) in [5.41, 5.74) is 1.86. The van der Waals surface area contributed by atoms with Gasteiger partial charge in [-0.05, 0) is 42.8 Å². The van der Waals surface area contributed by atoms with Gasteiger partial charge in [-0.15, -0.1) is 0 Å². The van der Waals surface area contributed by atoms with Gasteiger partial charge in [-0.1, -0.05) is 24.3 Å². The summed E-state index contributed by atoms with van der Waals surface area (Å²) in [5, 5.41) is 14.4. The van der Waals surface area contributed by atoms with Gasteiger partial charge in [0.25, 0.3) is 11.6 Å². The van der Waals surface area contributed by atoms with E-state index in [1.54, 1.807) is 60.0 Å². The Balaban J connectivity index is 1.49. The molecule has 0 radical (unpaired) electrons. The van der Waals surface area contributed by atoms with Crippen LogP contribution in [0.1, 0.15) is 5.56 Å². The molecule has 1 N–H and O–H groups in total. The van der Waals surface area contributed by atoms with E-state index in [2.05, 4.69) is 5.32 Å². The van der Waals surface area contributed by atoms with E-state index >= 15 is 0 Å². The molecule has 1 aromatic heterocycles. The minimum absolute atomic E-state index is 0.0856. The van der Waals surface area contributed by atoms with Crippen molar-refractivity contribution >= 4 is 45.1 Å². The molecule has 166 valence electrons. The third-order valence-electron chi connectivity index (χ3n) is 5.23. The van der Waals surface area contributed by atoms with Crippen LogP contribution in [0.4, 0.5) is 11.4 Å². The Labute approximate surface area is 187 Å². The fraction of sp³-hybridized carbons (Fsp3) is 0.125. The lowest BCUT2D eigenvalue weighted by Gasteiger charge is -2.14. The lowest BCUT2D eigenvalue weighted by molar-refractivity contribution is -0.384. The molecule has 4 aromatic rings. The van der Waals surface area contributed by atoms with Crippen molar-refractivity contribution in [2.45, 2.75) is 13.5 Å². The first kappa shape index (κ1) is 21.7. The van der Waals surface area contributed by atoms with Gasteiger partial charge in [0.15, 0.2) is 12.0 Å². The van der Waals surface area contributed by atoms with E-state index in [-0.39, 0.29) is 17.7 Å². The van der Waals surface area contributed by atoms with Crippen molar-refractivity contribution in [3.05, 3.63) is 92.6 Å². The summed E-state index contributed by atoms with van der Waals surface area (Å²) in [4.78, 5) is 47.9. The van der Waals surface area contributed by atoms with Gasteiger partial charge in [0.2, 0.25) is 0 Å². The molecule has 3 aromatic carbocycles. The van der Waals surface area contributed by atoms with Crippen molar-refractivity contribution < 1.29 is 19.2 Å². The van der Waals surface area contributed by atoms with E-state index in [1.165, 1.54) is 18.2 Å². The zero-order chi connectivity index (χ0) is 23.5. The fourth-order valence-corrected chi connectivity index (χ4v) is 3.66. The van der Waals surface area contributed by atoms with Crippen LogP contribution in [-0.2, 0) is 20.9 Å². The van der Waals surface area contributed by atoms with Crippen molar-refractivity contribution in [3.8, 4) is 0 Å². The molecular weight excluding hydrogens is 426 g/mol. The summed E-state index contributed by atoms with van der Waals surface area (Å²) in [6, 6.07) is 18.0. The minimum atomic E-state index is -0.649. The molecule has 0 saturated carbocycles. The van der Waals surface area contributed by atoms with Crippen molar-refractivity contribution in [2.24, 2.45) is 0 Å². The third kappa shape index (κ3) is 4.42. The monoisotopic (exact) mass is 445 g/mol. The number of rotatable bonds is 6. The molecule has 0 aliphatic carbocycles. The number of nitrogens with one attached hydrogen (secondary N) is 1. The lowest BCUT2D eigenvalue weighted by atomic mass is 10.1. The maximum absolute atomic E-state index is 12.8. The van der Waals surface area contributed by atoms with E-state index in [1.807, 2.05) is 0 Å². The zero-order valence-corrected chi connectivity index (χ0v) is 17.6. The van der Waals surface area contributed by atoms with E-state index in [4.69, 9.17) is 4.74 Å². The molecule has 0 aliphatic rings. The lowest BCUT2D eigenvalue weighted by Crippen LogP contribution is -2.24. The first-order valence-electron chi connectivity index (χ1n) is 10.1. The van der Waals surface area contributed by atoms with Crippen LogP contribution in [0.2, 0.25) is 0 Å². The van der Waals surface area contributed by atoms with E-state index in [0.717, 1.165) is 0 Å². The number of nitrogens with zero attached hydrogens (tertiary/aromatic N) is 2. The van der Waals surface area contributed by atoms with E-state index in [9.17, 15) is 24.5 Å². The summed E-state index contributed by atoms with van der Waals surface area (Å²) >= 11 is 0. The number of amides is 1. The standard InChI is InChI=1S/C24H19N3O6/c1-15-12-16(27(31)32)10-11-19(15)25-22(28)14-33-23(29)13-26-20-8-4-2-6-17(20)24(30)18-7-3-5-9-21(18)26/h2-12H,13-14H2,1H3,(H,25,28). The summed E-state index contributed by atoms with van der Waals surface area (Å²) in [5.74, 6) is -1.22. The van der Waals surface area contributed by atoms with Gasteiger partial charge in [0.1, 0.15) is 6.54 Å². The van der Waals surface area contributed by atoms with Crippen LogP contribution in [0.25, 0.3) is 21.8 Å². The number of non-ortho nitro benzene ring substituents is 1. The van der Waals surface area contributed by atoms with Crippen LogP contribution in [0.3, 0.4) is 0 Å². The number of anilines is 1. The number of benzene rings is 3. The van der Waals surface area contributed by atoms with Crippen molar-refractivity contribution in [3.63, 3.8) is 0 Å². The molecular formula is C24H19N3O6. The van der Waals surface area contributed by atoms with Crippen LogP contribution in [-0.4, -0.2) is 28.0 Å². The highest BCUT2D eigenvalue weighted by atomic mass is 16.6. The Kier molecular flexibility index (Phi) is 5.86. The number of pyridine rings is 1. The number of carbonyl (C=O) groups excluding carboxylic acids is 2. The van der Waals surface area contributed by atoms with Gasteiger partial charge in [-0.2, -0.15) is 0 Å². The second-order valence-electron chi connectivity index (χ2n) is 7.41. The molecule has 4 rings (SSSR count). The highest BCUT2D eigenvalue weighted by Crippen LogP contribution is 2.21. The SMILES string of the molecule is Cc1cc([N+](=O)[O-])ccc1NC(=O)COC(=O)Cn1c2ccccc2c(=O)c2ccccc21. The number of nitro benzene ring substituents is 1. The largest absolute Gasteiger partial charge is 0.454 e. The molecule has 0 bridgehead atoms. The molecule has 33 heavy (non-hydrogen) atoms. The topological polar surface area (TPSA) is 121 Å². The molecule has 0 aliphatic heterocycles. The van der Waals surface area contributed by atoms with Gasteiger partial charge in [-0.25, -0.2) is 0 Å². The maximum atomic E-state index is 12.8. The zero-order valence-electron chi connectivity index (χ0n) is 17.6. The van der Waals surface area contributed by atoms with Gasteiger partial charge >= 0.3 is 5.97 Å². The van der Waals surface area contributed by atoms with Crippen molar-refractivity contribution in [1.29, 1.82) is 0 Å². The highest BCUT2D eigenvalue weighted by Gasteiger charge is 2.15. The van der Waals surface area contributed by atoms with Crippen LogP contribution >= 0.6 is 0 Å². The molecule has 9 nitrogen and oxygen atoms in total. The number of para-hydroxylation sites is 2. The van der Waals surface area contributed by atoms with Crippen LogP contribution < -0.4 is 10.7 Å². The molecule has 9 heteroatoms. The number of hydrogen-bond acceptors (Lipinski definition) is 6. The average Bonchev–Trinajstić information content (AvgIpc) is 2.81. The molecule has 0 spiro atoms. The van der Waals surface area contributed by atoms with Gasteiger partial charge < -0.3 is 14.6 Å². The number of fused-ring (bicyclic) bond motifs is 2. The van der Waals surface area contributed by atoms with Gasteiger partial charge in [-0.3, -0.25) is 24.5 Å². The minimum Gasteiger partial charge on any atom is -0.454 e. The Morgan fingerprint density at radius 2 is 1.61 bits per heavy atom. The number of nitro groups is 1. The van der Waals surface area contributed by atoms with E-state index in [0.29, 0.717) is 33.1 Å². The Bertz CT molecular complexity index is 1410. The summed E-state index contributed by atoms with van der Waals surface area (Å²) < 4.78 is 6.84. The number of carbonyl (C=O) groups is 2. The average molecular weight is 445 g/mol. The molecule has 0 fully saturated rings. The smallest absolute Gasteiger partial charge is 0.326 e. The fourth-order valence-electron chi connectivity index (χ4n) is 3.66. The number of aryl methyl sites for hydroxylation is 1. The summed E-state index contributed by atoms with van der Waals surface area (Å²) in [7, 11) is 0. The molecule has 0 atom stereocenters.